The monoisotopic (exact) mass is 192 g/mol. The van der Waals surface area contributed by atoms with Gasteiger partial charge in [0.05, 0.1) is 5.69 Å². The van der Waals surface area contributed by atoms with Gasteiger partial charge in [0, 0.05) is 13.1 Å². The van der Waals surface area contributed by atoms with Gasteiger partial charge in [0.25, 0.3) is 0 Å². The van der Waals surface area contributed by atoms with E-state index in [-0.39, 0.29) is 5.43 Å². The molecule has 0 aromatic heterocycles. The predicted octanol–water partition coefficient (Wildman–Crippen LogP) is 1.02. The Morgan fingerprint density at radius 2 is 1.93 bits per heavy atom. The van der Waals surface area contributed by atoms with E-state index in [1.54, 1.807) is 18.2 Å². The van der Waals surface area contributed by atoms with Gasteiger partial charge < -0.3 is 10.2 Å². The fraction of sp³-hybridized carbons (Fsp3) is 0.364. The van der Waals surface area contributed by atoms with Gasteiger partial charge in [-0.25, -0.2) is 0 Å². The minimum Gasteiger partial charge on any atom is -0.381 e. The number of hydrogen-bond donors (Lipinski definition) is 1. The molecule has 1 aromatic rings. The Bertz CT molecular complexity index is 336. The second-order valence-electron chi connectivity index (χ2n) is 3.42. The standard InChI is InChI=1S/C11H16N2O/c1-13(2)9-8-12-10-6-4-3-5-7-11(10)14/h3-7H,8-9H2,1-2H3,(H,12,14). The van der Waals surface area contributed by atoms with Crippen molar-refractivity contribution >= 4 is 5.69 Å². The van der Waals surface area contributed by atoms with Gasteiger partial charge in [-0.1, -0.05) is 18.2 Å². The fourth-order valence-corrected chi connectivity index (χ4v) is 1.09. The Morgan fingerprint density at radius 3 is 2.64 bits per heavy atom. The number of nitrogens with one attached hydrogen (secondary N) is 1. The van der Waals surface area contributed by atoms with Crippen molar-refractivity contribution in [3.8, 4) is 0 Å². The van der Waals surface area contributed by atoms with Crippen molar-refractivity contribution in [2.75, 3.05) is 32.5 Å². The van der Waals surface area contributed by atoms with Crippen molar-refractivity contribution in [3.63, 3.8) is 0 Å². The van der Waals surface area contributed by atoms with Crippen molar-refractivity contribution in [3.05, 3.63) is 40.6 Å². The average Bonchev–Trinajstić information content (AvgIpc) is 2.31. The van der Waals surface area contributed by atoms with Gasteiger partial charge in [-0.2, -0.15) is 0 Å². The molecule has 3 heteroatoms. The van der Waals surface area contributed by atoms with Crippen LogP contribution in [0.1, 0.15) is 0 Å². The Kier molecular flexibility index (Phi) is 4.13. The molecule has 0 saturated carbocycles. The second kappa shape index (κ2) is 5.40. The molecule has 0 aliphatic rings. The van der Waals surface area contributed by atoms with Crippen LogP contribution in [-0.4, -0.2) is 32.1 Å². The van der Waals surface area contributed by atoms with Crippen LogP contribution in [0.4, 0.5) is 5.69 Å². The van der Waals surface area contributed by atoms with Crippen LogP contribution in [0.25, 0.3) is 0 Å². The number of rotatable bonds is 4. The normalized spacial score (nSPS) is 10.2. The van der Waals surface area contributed by atoms with Gasteiger partial charge in [-0.3, -0.25) is 4.79 Å². The number of nitrogens with zero attached hydrogens (tertiary/aromatic N) is 1. The average molecular weight is 192 g/mol. The molecule has 0 radical (unpaired) electrons. The highest BCUT2D eigenvalue weighted by Gasteiger charge is 1.94. The molecule has 14 heavy (non-hydrogen) atoms. The molecule has 1 N–H and O–H groups in total. The van der Waals surface area contributed by atoms with Crippen LogP contribution in [0.2, 0.25) is 0 Å². The highest BCUT2D eigenvalue weighted by atomic mass is 16.1. The summed E-state index contributed by atoms with van der Waals surface area (Å²) in [5.41, 5.74) is 0.700. The molecule has 0 amide bonds. The van der Waals surface area contributed by atoms with E-state index in [9.17, 15) is 4.79 Å². The van der Waals surface area contributed by atoms with Crippen LogP contribution in [0.15, 0.2) is 35.1 Å². The first-order chi connectivity index (χ1) is 6.70. The van der Waals surface area contributed by atoms with Gasteiger partial charge in [0.2, 0.25) is 5.43 Å². The Labute approximate surface area is 84.4 Å². The zero-order valence-corrected chi connectivity index (χ0v) is 8.66. The maximum atomic E-state index is 11.4. The largest absolute Gasteiger partial charge is 0.381 e. The number of likely N-dealkylation sites (N-methyl/N-ethyl adjacent to an activating group) is 1. The number of anilines is 1. The van der Waals surface area contributed by atoms with Gasteiger partial charge in [-0.05, 0) is 26.2 Å². The van der Waals surface area contributed by atoms with Crippen LogP contribution in [0, 0.1) is 0 Å². The van der Waals surface area contributed by atoms with Crippen molar-refractivity contribution < 1.29 is 0 Å². The summed E-state index contributed by atoms with van der Waals surface area (Å²) >= 11 is 0. The highest BCUT2D eigenvalue weighted by Crippen LogP contribution is 1.95. The summed E-state index contributed by atoms with van der Waals surface area (Å²) in [6.45, 7) is 1.70. The highest BCUT2D eigenvalue weighted by molar-refractivity contribution is 5.41. The van der Waals surface area contributed by atoms with Crippen molar-refractivity contribution in [2.45, 2.75) is 0 Å². The number of hydrogen-bond acceptors (Lipinski definition) is 3. The summed E-state index contributed by atoms with van der Waals surface area (Å²) in [5, 5.41) is 3.11. The summed E-state index contributed by atoms with van der Waals surface area (Å²) < 4.78 is 0. The van der Waals surface area contributed by atoms with Crippen LogP contribution in [-0.2, 0) is 0 Å². The first-order valence-electron chi connectivity index (χ1n) is 4.68. The van der Waals surface area contributed by atoms with Gasteiger partial charge in [0.15, 0.2) is 0 Å². The maximum absolute atomic E-state index is 11.4. The van der Waals surface area contributed by atoms with E-state index in [1.165, 1.54) is 0 Å². The van der Waals surface area contributed by atoms with E-state index in [4.69, 9.17) is 0 Å². The summed E-state index contributed by atoms with van der Waals surface area (Å²) in [6, 6.07) is 8.83. The third kappa shape index (κ3) is 3.58. The zero-order valence-electron chi connectivity index (χ0n) is 8.66. The zero-order chi connectivity index (χ0) is 10.4. The van der Waals surface area contributed by atoms with E-state index >= 15 is 0 Å². The molecule has 1 rings (SSSR count). The van der Waals surface area contributed by atoms with Crippen LogP contribution >= 0.6 is 0 Å². The molecule has 0 aliphatic heterocycles. The van der Waals surface area contributed by atoms with E-state index < -0.39 is 0 Å². The molecular formula is C11H16N2O. The molecule has 0 atom stereocenters. The van der Waals surface area contributed by atoms with Gasteiger partial charge in [-0.15, -0.1) is 0 Å². The van der Waals surface area contributed by atoms with E-state index in [0.29, 0.717) is 5.69 Å². The summed E-state index contributed by atoms with van der Waals surface area (Å²) in [4.78, 5) is 13.5. The molecular weight excluding hydrogens is 176 g/mol. The minimum atomic E-state index is 0.0359. The lowest BCUT2D eigenvalue weighted by Gasteiger charge is -2.09. The molecule has 3 nitrogen and oxygen atoms in total. The summed E-state index contributed by atoms with van der Waals surface area (Å²) in [7, 11) is 4.01. The SMILES string of the molecule is CN(C)CCNc1cccccc1=O. The van der Waals surface area contributed by atoms with Gasteiger partial charge >= 0.3 is 0 Å². The van der Waals surface area contributed by atoms with Crippen LogP contribution in [0.3, 0.4) is 0 Å². The topological polar surface area (TPSA) is 32.3 Å². The molecule has 0 fully saturated rings. The Balaban J connectivity index is 2.60. The van der Waals surface area contributed by atoms with Crippen LogP contribution in [0.5, 0.6) is 0 Å². The molecule has 1 aromatic carbocycles. The van der Waals surface area contributed by atoms with E-state index in [2.05, 4.69) is 10.2 Å². The van der Waals surface area contributed by atoms with Crippen molar-refractivity contribution in [1.82, 2.24) is 4.90 Å². The molecule has 0 unspecified atom stereocenters. The molecule has 0 aliphatic carbocycles. The Morgan fingerprint density at radius 1 is 1.21 bits per heavy atom. The minimum absolute atomic E-state index is 0.0359. The second-order valence-corrected chi connectivity index (χ2v) is 3.42. The Hall–Kier alpha value is -1.35. The third-order valence-electron chi connectivity index (χ3n) is 1.87. The van der Waals surface area contributed by atoms with Crippen molar-refractivity contribution in [1.29, 1.82) is 0 Å². The maximum Gasteiger partial charge on any atom is 0.201 e. The predicted molar refractivity (Wildman–Crippen MR) is 59.8 cm³/mol. The fourth-order valence-electron chi connectivity index (χ4n) is 1.09. The first-order valence-corrected chi connectivity index (χ1v) is 4.68. The quantitative estimate of drug-likeness (QED) is 0.773. The third-order valence-corrected chi connectivity index (χ3v) is 1.87. The molecule has 0 saturated heterocycles. The molecule has 0 heterocycles. The first kappa shape index (κ1) is 10.7. The lowest BCUT2D eigenvalue weighted by molar-refractivity contribution is 0.425. The smallest absolute Gasteiger partial charge is 0.201 e. The van der Waals surface area contributed by atoms with Crippen molar-refractivity contribution in [2.24, 2.45) is 0 Å². The van der Waals surface area contributed by atoms with Gasteiger partial charge in [0.1, 0.15) is 0 Å². The summed E-state index contributed by atoms with van der Waals surface area (Å²) in [6.07, 6.45) is 0. The summed E-state index contributed by atoms with van der Waals surface area (Å²) in [5.74, 6) is 0. The molecule has 76 valence electrons. The van der Waals surface area contributed by atoms with Crippen LogP contribution < -0.4 is 10.7 Å². The van der Waals surface area contributed by atoms with E-state index in [1.807, 2.05) is 26.2 Å². The molecule has 0 bridgehead atoms. The van der Waals surface area contributed by atoms with E-state index in [0.717, 1.165) is 13.1 Å². The lowest BCUT2D eigenvalue weighted by Crippen LogP contribution is -2.22. The molecule has 0 spiro atoms. The lowest BCUT2D eigenvalue weighted by atomic mass is 10.4.